The Morgan fingerprint density at radius 1 is 1.65 bits per heavy atom. The van der Waals surface area contributed by atoms with Crippen molar-refractivity contribution in [3.05, 3.63) is 21.4 Å². The SMILES string of the molecule is CCc1cc(C(=O)NC[C@@H]2CCCO2)sc1C. The molecule has 2 rings (SSSR count). The molecular weight excluding hydrogens is 234 g/mol. The molecule has 0 spiro atoms. The number of amides is 1. The minimum absolute atomic E-state index is 0.0355. The Bertz CT molecular complexity index is 394. The summed E-state index contributed by atoms with van der Waals surface area (Å²) in [6.45, 7) is 5.65. The van der Waals surface area contributed by atoms with E-state index in [1.54, 1.807) is 11.3 Å². The van der Waals surface area contributed by atoms with Gasteiger partial charge < -0.3 is 10.1 Å². The van der Waals surface area contributed by atoms with Crippen LogP contribution in [-0.4, -0.2) is 25.2 Å². The average molecular weight is 253 g/mol. The zero-order valence-corrected chi connectivity index (χ0v) is 11.2. The summed E-state index contributed by atoms with van der Waals surface area (Å²) in [5, 5.41) is 2.95. The largest absolute Gasteiger partial charge is 0.376 e. The van der Waals surface area contributed by atoms with Gasteiger partial charge in [-0.1, -0.05) is 6.92 Å². The maximum atomic E-state index is 11.9. The van der Waals surface area contributed by atoms with Crippen molar-refractivity contribution in [1.29, 1.82) is 0 Å². The molecule has 0 saturated carbocycles. The fourth-order valence-electron chi connectivity index (χ4n) is 2.08. The predicted molar refractivity (Wildman–Crippen MR) is 69.7 cm³/mol. The highest BCUT2D eigenvalue weighted by atomic mass is 32.1. The van der Waals surface area contributed by atoms with Crippen LogP contribution < -0.4 is 5.32 Å². The third-order valence-electron chi connectivity index (χ3n) is 3.14. The highest BCUT2D eigenvalue weighted by molar-refractivity contribution is 7.14. The quantitative estimate of drug-likeness (QED) is 0.895. The maximum absolute atomic E-state index is 11.9. The normalized spacial score (nSPS) is 19.5. The van der Waals surface area contributed by atoms with Gasteiger partial charge in [-0.3, -0.25) is 4.79 Å². The number of nitrogens with one attached hydrogen (secondary N) is 1. The van der Waals surface area contributed by atoms with Crippen molar-refractivity contribution in [3.63, 3.8) is 0 Å². The number of aryl methyl sites for hydroxylation is 2. The molecule has 0 unspecified atom stereocenters. The first-order chi connectivity index (χ1) is 8.20. The number of rotatable bonds is 4. The van der Waals surface area contributed by atoms with Crippen LogP contribution in [0.5, 0.6) is 0 Å². The van der Waals surface area contributed by atoms with Crippen LogP contribution in [-0.2, 0) is 11.2 Å². The fourth-order valence-corrected chi connectivity index (χ4v) is 3.11. The zero-order chi connectivity index (χ0) is 12.3. The summed E-state index contributed by atoms with van der Waals surface area (Å²) < 4.78 is 5.48. The highest BCUT2D eigenvalue weighted by Crippen LogP contribution is 2.22. The Morgan fingerprint density at radius 3 is 3.06 bits per heavy atom. The number of carbonyl (C=O) groups excluding carboxylic acids is 1. The van der Waals surface area contributed by atoms with Crippen LogP contribution in [0, 0.1) is 6.92 Å². The smallest absolute Gasteiger partial charge is 0.261 e. The van der Waals surface area contributed by atoms with Crippen LogP contribution in [0.2, 0.25) is 0 Å². The Labute approximate surface area is 106 Å². The Kier molecular flexibility index (Phi) is 4.18. The van der Waals surface area contributed by atoms with Gasteiger partial charge in [0, 0.05) is 18.0 Å². The predicted octanol–water partition coefficient (Wildman–Crippen LogP) is 2.53. The van der Waals surface area contributed by atoms with E-state index >= 15 is 0 Å². The van der Waals surface area contributed by atoms with Gasteiger partial charge in [0.25, 0.3) is 5.91 Å². The second kappa shape index (κ2) is 5.65. The van der Waals surface area contributed by atoms with E-state index in [0.29, 0.717) is 6.54 Å². The van der Waals surface area contributed by atoms with E-state index in [1.165, 1.54) is 10.4 Å². The molecule has 94 valence electrons. The molecule has 3 nitrogen and oxygen atoms in total. The van der Waals surface area contributed by atoms with Gasteiger partial charge in [-0.25, -0.2) is 0 Å². The molecule has 1 fully saturated rings. The first kappa shape index (κ1) is 12.6. The number of thiophene rings is 1. The maximum Gasteiger partial charge on any atom is 0.261 e. The fraction of sp³-hybridized carbons (Fsp3) is 0.615. The lowest BCUT2D eigenvalue weighted by Crippen LogP contribution is -2.31. The van der Waals surface area contributed by atoms with Gasteiger partial charge in [0.15, 0.2) is 0 Å². The van der Waals surface area contributed by atoms with E-state index < -0.39 is 0 Å². The molecule has 1 atom stereocenters. The van der Waals surface area contributed by atoms with E-state index in [-0.39, 0.29) is 12.0 Å². The molecule has 4 heteroatoms. The third-order valence-corrected chi connectivity index (χ3v) is 4.23. The lowest BCUT2D eigenvalue weighted by atomic mass is 10.2. The first-order valence-corrected chi connectivity index (χ1v) is 7.01. The van der Waals surface area contributed by atoms with E-state index in [9.17, 15) is 4.79 Å². The van der Waals surface area contributed by atoms with E-state index in [4.69, 9.17) is 4.74 Å². The lowest BCUT2D eigenvalue weighted by molar-refractivity contribution is 0.0861. The van der Waals surface area contributed by atoms with Crippen LogP contribution >= 0.6 is 11.3 Å². The average Bonchev–Trinajstić information content (AvgIpc) is 2.94. The van der Waals surface area contributed by atoms with Crippen LogP contribution in [0.15, 0.2) is 6.07 Å². The van der Waals surface area contributed by atoms with E-state index in [1.807, 2.05) is 6.07 Å². The zero-order valence-electron chi connectivity index (χ0n) is 10.4. The first-order valence-electron chi connectivity index (χ1n) is 6.19. The van der Waals surface area contributed by atoms with Crippen LogP contribution in [0.1, 0.15) is 39.9 Å². The number of hydrogen-bond donors (Lipinski definition) is 1. The van der Waals surface area contributed by atoms with Crippen LogP contribution in [0.3, 0.4) is 0 Å². The number of hydrogen-bond acceptors (Lipinski definition) is 3. The van der Waals surface area contributed by atoms with Gasteiger partial charge in [-0.05, 0) is 37.8 Å². The standard InChI is InChI=1S/C13H19NO2S/c1-3-10-7-12(17-9(10)2)13(15)14-8-11-5-4-6-16-11/h7,11H,3-6,8H2,1-2H3,(H,14,15)/t11-/m0/s1. The van der Waals surface area contributed by atoms with Crippen molar-refractivity contribution >= 4 is 17.2 Å². The topological polar surface area (TPSA) is 38.3 Å². The monoisotopic (exact) mass is 253 g/mol. The van der Waals surface area contributed by atoms with Gasteiger partial charge in [-0.2, -0.15) is 0 Å². The minimum atomic E-state index is 0.0355. The summed E-state index contributed by atoms with van der Waals surface area (Å²) in [6, 6.07) is 2.00. The minimum Gasteiger partial charge on any atom is -0.376 e. The van der Waals surface area contributed by atoms with Crippen molar-refractivity contribution in [1.82, 2.24) is 5.32 Å². The molecule has 1 saturated heterocycles. The van der Waals surface area contributed by atoms with Crippen LogP contribution in [0.25, 0.3) is 0 Å². The molecule has 0 bridgehead atoms. The Hall–Kier alpha value is -0.870. The van der Waals surface area contributed by atoms with Crippen molar-refractivity contribution in [2.75, 3.05) is 13.2 Å². The van der Waals surface area contributed by atoms with Crippen molar-refractivity contribution in [2.45, 2.75) is 39.2 Å². The van der Waals surface area contributed by atoms with Gasteiger partial charge in [-0.15, -0.1) is 11.3 Å². The van der Waals surface area contributed by atoms with Gasteiger partial charge in [0.05, 0.1) is 11.0 Å². The van der Waals surface area contributed by atoms with Crippen molar-refractivity contribution in [3.8, 4) is 0 Å². The van der Waals surface area contributed by atoms with Crippen LogP contribution in [0.4, 0.5) is 0 Å². The second-order valence-electron chi connectivity index (χ2n) is 4.39. The molecule has 1 amide bonds. The molecule has 1 N–H and O–H groups in total. The Morgan fingerprint density at radius 2 is 2.47 bits per heavy atom. The van der Waals surface area contributed by atoms with Gasteiger partial charge in [0.1, 0.15) is 0 Å². The van der Waals surface area contributed by atoms with Gasteiger partial charge in [0.2, 0.25) is 0 Å². The summed E-state index contributed by atoms with van der Waals surface area (Å²) in [4.78, 5) is 14.0. The summed E-state index contributed by atoms with van der Waals surface area (Å²) in [5.41, 5.74) is 1.28. The summed E-state index contributed by atoms with van der Waals surface area (Å²) in [6.07, 6.45) is 3.37. The van der Waals surface area contributed by atoms with Gasteiger partial charge >= 0.3 is 0 Å². The molecule has 1 aromatic heterocycles. The summed E-state index contributed by atoms with van der Waals surface area (Å²) in [7, 11) is 0. The molecule has 1 aromatic rings. The molecule has 0 radical (unpaired) electrons. The number of ether oxygens (including phenoxy) is 1. The molecular formula is C13H19NO2S. The van der Waals surface area contributed by atoms with Crippen molar-refractivity contribution in [2.24, 2.45) is 0 Å². The van der Waals surface area contributed by atoms with Crippen molar-refractivity contribution < 1.29 is 9.53 Å². The molecule has 0 aromatic carbocycles. The molecule has 1 aliphatic heterocycles. The second-order valence-corrected chi connectivity index (χ2v) is 5.65. The third kappa shape index (κ3) is 3.07. The summed E-state index contributed by atoms with van der Waals surface area (Å²) >= 11 is 1.58. The molecule has 17 heavy (non-hydrogen) atoms. The lowest BCUT2D eigenvalue weighted by Gasteiger charge is -2.09. The van der Waals surface area contributed by atoms with E-state index in [2.05, 4.69) is 19.2 Å². The molecule has 0 aliphatic carbocycles. The Balaban J connectivity index is 1.89. The highest BCUT2D eigenvalue weighted by Gasteiger charge is 2.17. The molecule has 2 heterocycles. The van der Waals surface area contributed by atoms with E-state index in [0.717, 1.165) is 30.7 Å². The summed E-state index contributed by atoms with van der Waals surface area (Å²) in [5.74, 6) is 0.0355. The molecule has 1 aliphatic rings. The number of carbonyl (C=O) groups is 1.